The van der Waals surface area contributed by atoms with Crippen LogP contribution in [0.4, 0.5) is 17.2 Å². The second-order valence-electron chi connectivity index (χ2n) is 4.10. The molecule has 0 atom stereocenters. The second-order valence-corrected chi connectivity index (χ2v) is 4.10. The maximum absolute atomic E-state index is 5.77. The van der Waals surface area contributed by atoms with Gasteiger partial charge in [0, 0.05) is 12.7 Å². The number of rotatable bonds is 3. The van der Waals surface area contributed by atoms with Crippen LogP contribution in [0.25, 0.3) is 0 Å². The number of anilines is 3. The minimum Gasteiger partial charge on any atom is -0.497 e. The molecular formula is C14H17N3O. The van der Waals surface area contributed by atoms with Gasteiger partial charge in [-0.2, -0.15) is 0 Å². The van der Waals surface area contributed by atoms with Gasteiger partial charge in [0.2, 0.25) is 0 Å². The van der Waals surface area contributed by atoms with Crippen molar-refractivity contribution >= 4 is 17.2 Å². The van der Waals surface area contributed by atoms with Crippen LogP contribution in [0.3, 0.4) is 0 Å². The number of nitrogen functional groups attached to an aromatic ring is 1. The molecular weight excluding hydrogens is 226 g/mol. The third kappa shape index (κ3) is 2.37. The van der Waals surface area contributed by atoms with E-state index in [2.05, 4.69) is 4.98 Å². The lowest BCUT2D eigenvalue weighted by atomic mass is 10.2. The number of nitrogens with zero attached hydrogens (tertiary/aromatic N) is 2. The highest BCUT2D eigenvalue weighted by Gasteiger charge is 2.06. The number of aryl methyl sites for hydroxylation is 1. The lowest BCUT2D eigenvalue weighted by Gasteiger charge is -2.19. The first-order valence-corrected chi connectivity index (χ1v) is 5.72. The molecule has 0 fully saturated rings. The molecule has 18 heavy (non-hydrogen) atoms. The fraction of sp³-hybridized carbons (Fsp3) is 0.214. The van der Waals surface area contributed by atoms with Crippen LogP contribution in [0.15, 0.2) is 36.4 Å². The van der Waals surface area contributed by atoms with Gasteiger partial charge in [-0.1, -0.05) is 0 Å². The summed E-state index contributed by atoms with van der Waals surface area (Å²) in [7, 11) is 3.63. The van der Waals surface area contributed by atoms with Crippen LogP contribution in [-0.4, -0.2) is 19.1 Å². The van der Waals surface area contributed by atoms with E-state index >= 15 is 0 Å². The molecule has 1 aromatic heterocycles. The maximum atomic E-state index is 5.77. The molecule has 0 aliphatic carbocycles. The molecule has 0 radical (unpaired) electrons. The molecule has 94 valence electrons. The van der Waals surface area contributed by atoms with Crippen LogP contribution in [-0.2, 0) is 0 Å². The van der Waals surface area contributed by atoms with Crippen LogP contribution in [0, 0.1) is 6.92 Å². The number of ether oxygens (including phenoxy) is 1. The Kier molecular flexibility index (Phi) is 3.37. The minimum absolute atomic E-state index is 0.710. The number of hydrogen-bond acceptors (Lipinski definition) is 4. The molecule has 2 rings (SSSR count). The fourth-order valence-electron chi connectivity index (χ4n) is 1.68. The molecule has 0 amide bonds. The predicted molar refractivity (Wildman–Crippen MR) is 74.4 cm³/mol. The highest BCUT2D eigenvalue weighted by Crippen LogP contribution is 2.25. The van der Waals surface area contributed by atoms with Gasteiger partial charge in [-0.3, -0.25) is 0 Å². The second kappa shape index (κ2) is 4.96. The van der Waals surface area contributed by atoms with Gasteiger partial charge in [0.1, 0.15) is 11.6 Å². The molecule has 0 spiro atoms. The summed E-state index contributed by atoms with van der Waals surface area (Å²) in [6.45, 7) is 1.90. The third-order valence-corrected chi connectivity index (χ3v) is 2.92. The molecule has 4 heteroatoms. The summed E-state index contributed by atoms with van der Waals surface area (Å²) in [6.07, 6.45) is 0. The number of nitrogens with two attached hydrogens (primary N) is 1. The first kappa shape index (κ1) is 12.2. The number of pyridine rings is 1. The lowest BCUT2D eigenvalue weighted by molar-refractivity contribution is 0.415. The topological polar surface area (TPSA) is 51.4 Å². The molecule has 0 aliphatic heterocycles. The molecule has 0 unspecified atom stereocenters. The normalized spacial score (nSPS) is 10.2. The van der Waals surface area contributed by atoms with Crippen molar-refractivity contribution in [2.24, 2.45) is 0 Å². The Labute approximate surface area is 107 Å². The largest absolute Gasteiger partial charge is 0.497 e. The van der Waals surface area contributed by atoms with E-state index in [0.29, 0.717) is 5.69 Å². The van der Waals surface area contributed by atoms with Gasteiger partial charge < -0.3 is 15.4 Å². The van der Waals surface area contributed by atoms with Crippen LogP contribution in [0.1, 0.15) is 5.69 Å². The van der Waals surface area contributed by atoms with Crippen molar-refractivity contribution in [3.8, 4) is 5.75 Å². The Morgan fingerprint density at radius 2 is 1.78 bits per heavy atom. The lowest BCUT2D eigenvalue weighted by Crippen LogP contribution is -2.12. The quantitative estimate of drug-likeness (QED) is 0.900. The Balaban J connectivity index is 2.28. The van der Waals surface area contributed by atoms with Crippen molar-refractivity contribution in [2.45, 2.75) is 6.92 Å². The highest BCUT2D eigenvalue weighted by molar-refractivity contribution is 5.62. The van der Waals surface area contributed by atoms with Crippen molar-refractivity contribution in [3.63, 3.8) is 0 Å². The smallest absolute Gasteiger partial charge is 0.133 e. The Bertz CT molecular complexity index is 537. The molecule has 0 bridgehead atoms. The average Bonchev–Trinajstić information content (AvgIpc) is 2.41. The monoisotopic (exact) mass is 243 g/mol. The molecule has 1 aromatic carbocycles. The van der Waals surface area contributed by atoms with Crippen molar-refractivity contribution in [2.75, 3.05) is 24.8 Å². The van der Waals surface area contributed by atoms with Crippen molar-refractivity contribution in [3.05, 3.63) is 42.1 Å². The van der Waals surface area contributed by atoms with E-state index in [4.69, 9.17) is 10.5 Å². The number of aromatic nitrogens is 1. The van der Waals surface area contributed by atoms with E-state index in [9.17, 15) is 0 Å². The fourth-order valence-corrected chi connectivity index (χ4v) is 1.68. The average molecular weight is 243 g/mol. The van der Waals surface area contributed by atoms with Gasteiger partial charge >= 0.3 is 0 Å². The van der Waals surface area contributed by atoms with Gasteiger partial charge in [-0.15, -0.1) is 0 Å². The zero-order chi connectivity index (χ0) is 13.1. The standard InChI is InChI=1S/C14H17N3O/c1-10-13(15)8-9-14(16-10)17(2)11-4-6-12(18-3)7-5-11/h4-9H,15H2,1-3H3. The van der Waals surface area contributed by atoms with E-state index < -0.39 is 0 Å². The number of hydrogen-bond donors (Lipinski definition) is 1. The van der Waals surface area contributed by atoms with E-state index in [1.165, 1.54) is 0 Å². The Morgan fingerprint density at radius 1 is 1.11 bits per heavy atom. The first-order valence-electron chi connectivity index (χ1n) is 5.72. The van der Waals surface area contributed by atoms with Crippen LogP contribution < -0.4 is 15.4 Å². The van der Waals surface area contributed by atoms with Crippen LogP contribution in [0.5, 0.6) is 5.75 Å². The molecule has 2 aromatic rings. The van der Waals surface area contributed by atoms with E-state index in [1.54, 1.807) is 7.11 Å². The van der Waals surface area contributed by atoms with Gasteiger partial charge in [-0.05, 0) is 43.3 Å². The summed E-state index contributed by atoms with van der Waals surface area (Å²) >= 11 is 0. The van der Waals surface area contributed by atoms with Crippen molar-refractivity contribution < 1.29 is 4.74 Å². The van der Waals surface area contributed by atoms with E-state index in [0.717, 1.165) is 22.9 Å². The molecule has 1 heterocycles. The SMILES string of the molecule is COc1ccc(N(C)c2ccc(N)c(C)n2)cc1. The van der Waals surface area contributed by atoms with Gasteiger partial charge in [0.15, 0.2) is 0 Å². The summed E-state index contributed by atoms with van der Waals surface area (Å²) in [6, 6.07) is 11.6. The van der Waals surface area contributed by atoms with Crippen LogP contribution in [0.2, 0.25) is 0 Å². The van der Waals surface area contributed by atoms with E-state index in [-0.39, 0.29) is 0 Å². The summed E-state index contributed by atoms with van der Waals surface area (Å²) in [5, 5.41) is 0. The minimum atomic E-state index is 0.710. The predicted octanol–water partition coefficient (Wildman–Crippen LogP) is 2.75. The Hall–Kier alpha value is -2.23. The van der Waals surface area contributed by atoms with Crippen molar-refractivity contribution in [1.82, 2.24) is 4.98 Å². The first-order chi connectivity index (χ1) is 8.61. The van der Waals surface area contributed by atoms with Crippen molar-refractivity contribution in [1.29, 1.82) is 0 Å². The molecule has 0 saturated carbocycles. The summed E-state index contributed by atoms with van der Waals surface area (Å²) in [5.74, 6) is 1.71. The zero-order valence-corrected chi connectivity index (χ0v) is 10.8. The van der Waals surface area contributed by atoms with E-state index in [1.807, 2.05) is 55.3 Å². The van der Waals surface area contributed by atoms with Crippen LogP contribution >= 0.6 is 0 Å². The molecule has 0 aliphatic rings. The molecule has 2 N–H and O–H groups in total. The number of benzene rings is 1. The summed E-state index contributed by atoms with van der Waals surface area (Å²) < 4.78 is 5.14. The summed E-state index contributed by atoms with van der Waals surface area (Å²) in [4.78, 5) is 6.47. The highest BCUT2D eigenvalue weighted by atomic mass is 16.5. The van der Waals surface area contributed by atoms with Gasteiger partial charge in [0.05, 0.1) is 18.5 Å². The summed E-state index contributed by atoms with van der Waals surface area (Å²) in [5.41, 5.74) is 8.37. The Morgan fingerprint density at radius 3 is 2.33 bits per heavy atom. The molecule has 4 nitrogen and oxygen atoms in total. The maximum Gasteiger partial charge on any atom is 0.133 e. The molecule has 0 saturated heterocycles. The number of methoxy groups -OCH3 is 1. The van der Waals surface area contributed by atoms with Gasteiger partial charge in [0.25, 0.3) is 0 Å². The zero-order valence-electron chi connectivity index (χ0n) is 10.8. The third-order valence-electron chi connectivity index (χ3n) is 2.92. The van der Waals surface area contributed by atoms with Gasteiger partial charge in [-0.25, -0.2) is 4.98 Å².